The first-order chi connectivity index (χ1) is 10.5. The zero-order valence-corrected chi connectivity index (χ0v) is 12.0. The summed E-state index contributed by atoms with van der Waals surface area (Å²) in [6.45, 7) is 3.53. The third-order valence-electron chi connectivity index (χ3n) is 3.20. The smallest absolute Gasteiger partial charge is 0.328 e. The molecule has 0 saturated heterocycles. The molecule has 7 heteroatoms. The number of carbonyl (C=O) groups excluding carboxylic acids is 1. The van der Waals surface area contributed by atoms with Gasteiger partial charge in [0.05, 0.1) is 10.9 Å². The number of carbonyl (C=O) groups is 1. The molecule has 0 spiro atoms. The van der Waals surface area contributed by atoms with Crippen LogP contribution in [0.4, 0.5) is 0 Å². The van der Waals surface area contributed by atoms with Crippen molar-refractivity contribution < 1.29 is 9.53 Å². The number of H-pyrrole nitrogens is 1. The predicted molar refractivity (Wildman–Crippen MR) is 82.6 cm³/mol. The highest BCUT2D eigenvalue weighted by Crippen LogP contribution is 2.03. The van der Waals surface area contributed by atoms with E-state index in [4.69, 9.17) is 10.5 Å². The molecule has 0 amide bonds. The molecule has 1 aromatic carbocycles. The summed E-state index contributed by atoms with van der Waals surface area (Å²) in [5.74, 6) is -0.592. The van der Waals surface area contributed by atoms with E-state index in [1.807, 2.05) is 0 Å². The summed E-state index contributed by atoms with van der Waals surface area (Å²) in [6.07, 6.45) is 1.56. The lowest BCUT2D eigenvalue weighted by atomic mass is 10.2. The zero-order valence-electron chi connectivity index (χ0n) is 12.0. The van der Waals surface area contributed by atoms with E-state index in [-0.39, 0.29) is 19.6 Å². The molecule has 0 fully saturated rings. The van der Waals surface area contributed by atoms with Crippen LogP contribution >= 0.6 is 0 Å². The molecular formula is C15H17N3O4. The maximum Gasteiger partial charge on any atom is 0.328 e. The van der Waals surface area contributed by atoms with Crippen molar-refractivity contribution >= 4 is 16.9 Å². The lowest BCUT2D eigenvalue weighted by Crippen LogP contribution is -2.39. The van der Waals surface area contributed by atoms with Crippen LogP contribution in [0.3, 0.4) is 0 Å². The number of benzene rings is 1. The minimum absolute atomic E-state index is 0.0311. The molecule has 0 aliphatic rings. The third-order valence-corrected chi connectivity index (χ3v) is 3.20. The Kier molecular flexibility index (Phi) is 4.90. The van der Waals surface area contributed by atoms with Crippen molar-refractivity contribution in [2.24, 2.45) is 5.73 Å². The summed E-state index contributed by atoms with van der Waals surface area (Å²) < 4.78 is 5.85. The Balaban J connectivity index is 2.18. The van der Waals surface area contributed by atoms with Crippen molar-refractivity contribution in [3.05, 3.63) is 57.8 Å². The number of rotatable bonds is 6. The molecule has 0 aliphatic heterocycles. The minimum Gasteiger partial charge on any atom is -0.460 e. The fourth-order valence-electron chi connectivity index (χ4n) is 2.04. The Bertz CT molecular complexity index is 806. The maximum atomic E-state index is 12.3. The molecule has 1 heterocycles. The molecular weight excluding hydrogens is 286 g/mol. The van der Waals surface area contributed by atoms with Gasteiger partial charge in [-0.25, -0.2) is 4.79 Å². The van der Waals surface area contributed by atoms with Crippen molar-refractivity contribution in [1.29, 1.82) is 0 Å². The molecule has 0 radical (unpaired) electrons. The highest BCUT2D eigenvalue weighted by atomic mass is 16.5. The van der Waals surface area contributed by atoms with Crippen LogP contribution in [-0.2, 0) is 16.1 Å². The monoisotopic (exact) mass is 303 g/mol. The van der Waals surface area contributed by atoms with Gasteiger partial charge in [-0.1, -0.05) is 24.8 Å². The number of nitrogens with two attached hydrogens (primary N) is 1. The molecule has 1 aromatic heterocycles. The van der Waals surface area contributed by atoms with Crippen molar-refractivity contribution in [3.63, 3.8) is 0 Å². The minimum atomic E-state index is -0.905. The van der Waals surface area contributed by atoms with Gasteiger partial charge in [-0.05, 0) is 18.6 Å². The number of nitrogens with one attached hydrogen (secondary N) is 1. The van der Waals surface area contributed by atoms with Crippen LogP contribution in [0.1, 0.15) is 6.42 Å². The van der Waals surface area contributed by atoms with Gasteiger partial charge >= 0.3 is 11.7 Å². The number of para-hydroxylation sites is 1. The molecule has 22 heavy (non-hydrogen) atoms. The summed E-state index contributed by atoms with van der Waals surface area (Å²) in [5.41, 5.74) is 5.21. The van der Waals surface area contributed by atoms with Crippen LogP contribution in [-0.4, -0.2) is 28.2 Å². The van der Waals surface area contributed by atoms with E-state index in [0.29, 0.717) is 10.9 Å². The van der Waals surface area contributed by atoms with Gasteiger partial charge < -0.3 is 15.5 Å². The van der Waals surface area contributed by atoms with Gasteiger partial charge in [0.2, 0.25) is 0 Å². The molecule has 3 N–H and O–H groups in total. The number of aromatic nitrogens is 2. The van der Waals surface area contributed by atoms with E-state index in [9.17, 15) is 14.4 Å². The number of nitrogens with zero attached hydrogens (tertiary/aromatic N) is 1. The molecule has 116 valence electrons. The molecule has 2 rings (SSSR count). The van der Waals surface area contributed by atoms with Crippen molar-refractivity contribution in [1.82, 2.24) is 9.55 Å². The summed E-state index contributed by atoms with van der Waals surface area (Å²) in [4.78, 5) is 38.4. The fourth-order valence-corrected chi connectivity index (χ4v) is 2.04. The van der Waals surface area contributed by atoms with Gasteiger partial charge in [-0.15, -0.1) is 0 Å². The van der Waals surface area contributed by atoms with Crippen molar-refractivity contribution in [3.8, 4) is 0 Å². The third kappa shape index (κ3) is 3.32. The van der Waals surface area contributed by atoms with E-state index < -0.39 is 23.3 Å². The molecule has 1 atom stereocenters. The maximum absolute atomic E-state index is 12.3. The molecule has 2 aromatic rings. The largest absolute Gasteiger partial charge is 0.460 e. The summed E-state index contributed by atoms with van der Waals surface area (Å²) >= 11 is 0. The lowest BCUT2D eigenvalue weighted by Gasteiger charge is -2.11. The van der Waals surface area contributed by atoms with Crippen LogP contribution in [0.15, 0.2) is 46.5 Å². The second-order valence-corrected chi connectivity index (χ2v) is 4.75. The number of aromatic amines is 1. The molecule has 0 saturated carbocycles. The second-order valence-electron chi connectivity index (χ2n) is 4.75. The van der Waals surface area contributed by atoms with Gasteiger partial charge in [0.15, 0.2) is 0 Å². The molecule has 1 unspecified atom stereocenters. The van der Waals surface area contributed by atoms with Crippen LogP contribution in [0.25, 0.3) is 10.9 Å². The Hall–Kier alpha value is -2.67. The van der Waals surface area contributed by atoms with Gasteiger partial charge in [-0.2, -0.15) is 0 Å². The van der Waals surface area contributed by atoms with E-state index in [1.54, 1.807) is 24.3 Å². The van der Waals surface area contributed by atoms with E-state index in [2.05, 4.69) is 11.6 Å². The predicted octanol–water partition coefficient (Wildman–Crippen LogP) is 0.136. The van der Waals surface area contributed by atoms with Crippen molar-refractivity contribution in [2.45, 2.75) is 19.0 Å². The van der Waals surface area contributed by atoms with Gasteiger partial charge in [0.25, 0.3) is 5.56 Å². The van der Waals surface area contributed by atoms with E-state index in [0.717, 1.165) is 4.57 Å². The van der Waals surface area contributed by atoms with Crippen molar-refractivity contribution in [2.75, 3.05) is 6.61 Å². The van der Waals surface area contributed by atoms with Crippen LogP contribution in [0.2, 0.25) is 0 Å². The molecule has 7 nitrogen and oxygen atoms in total. The van der Waals surface area contributed by atoms with Crippen LogP contribution in [0, 0.1) is 0 Å². The Morgan fingerprint density at radius 1 is 1.41 bits per heavy atom. The van der Waals surface area contributed by atoms with Gasteiger partial charge in [0.1, 0.15) is 12.6 Å². The number of hydrogen-bond acceptors (Lipinski definition) is 5. The first-order valence-electron chi connectivity index (χ1n) is 6.79. The summed E-state index contributed by atoms with van der Waals surface area (Å²) in [5, 5.41) is 0.407. The number of hydrogen-bond donors (Lipinski definition) is 2. The van der Waals surface area contributed by atoms with E-state index in [1.165, 1.54) is 6.08 Å². The number of esters is 1. The standard InChI is InChI=1S/C15H17N3O4/c1-2-9-22-14(20)11(16)7-8-18-13(19)10-5-3-4-6-12(10)17-15(18)21/h2-6,11H,1,7-9,16H2,(H,17,21). The SMILES string of the molecule is C=CCOC(=O)C(N)CCn1c(=O)[nH]c2ccccc2c1=O. The first kappa shape index (κ1) is 15.7. The second kappa shape index (κ2) is 6.86. The normalized spacial score (nSPS) is 12.0. The average Bonchev–Trinajstić information content (AvgIpc) is 2.52. The van der Waals surface area contributed by atoms with Crippen LogP contribution < -0.4 is 17.0 Å². The number of ether oxygens (including phenoxy) is 1. The summed E-state index contributed by atoms with van der Waals surface area (Å²) in [6, 6.07) is 5.82. The molecule has 0 aliphatic carbocycles. The van der Waals surface area contributed by atoms with E-state index >= 15 is 0 Å². The highest BCUT2D eigenvalue weighted by Gasteiger charge is 2.16. The lowest BCUT2D eigenvalue weighted by molar-refractivity contribution is -0.144. The fraction of sp³-hybridized carbons (Fsp3) is 0.267. The number of fused-ring (bicyclic) bond motifs is 1. The van der Waals surface area contributed by atoms with Gasteiger partial charge in [0, 0.05) is 6.54 Å². The zero-order chi connectivity index (χ0) is 16.1. The Morgan fingerprint density at radius 2 is 2.14 bits per heavy atom. The quantitative estimate of drug-likeness (QED) is 0.583. The topological polar surface area (TPSA) is 107 Å². The summed E-state index contributed by atoms with van der Waals surface area (Å²) in [7, 11) is 0. The van der Waals surface area contributed by atoms with Gasteiger partial charge in [-0.3, -0.25) is 14.2 Å². The Morgan fingerprint density at radius 3 is 2.86 bits per heavy atom. The Labute approximate surface area is 126 Å². The highest BCUT2D eigenvalue weighted by molar-refractivity contribution is 5.77. The van der Waals surface area contributed by atoms with Crippen LogP contribution in [0.5, 0.6) is 0 Å². The average molecular weight is 303 g/mol. The molecule has 0 bridgehead atoms. The first-order valence-corrected chi connectivity index (χ1v) is 6.79.